The van der Waals surface area contributed by atoms with Crippen LogP contribution in [-0.2, 0) is 4.79 Å². The van der Waals surface area contributed by atoms with Crippen LogP contribution in [0.1, 0.15) is 32.1 Å². The zero-order valence-corrected chi connectivity index (χ0v) is 9.40. The van der Waals surface area contributed by atoms with Crippen LogP contribution in [0.4, 0.5) is 0 Å². The van der Waals surface area contributed by atoms with Gasteiger partial charge in [0.25, 0.3) is 0 Å². The first-order valence-corrected chi connectivity index (χ1v) is 6.39. The van der Waals surface area contributed by atoms with Crippen molar-refractivity contribution in [2.24, 2.45) is 0 Å². The summed E-state index contributed by atoms with van der Waals surface area (Å²) in [7, 11) is 1.95. The van der Waals surface area contributed by atoms with E-state index in [0.717, 1.165) is 0 Å². The molecule has 0 aliphatic heterocycles. The highest BCUT2D eigenvalue weighted by Crippen LogP contribution is 2.21. The molecule has 0 saturated heterocycles. The van der Waals surface area contributed by atoms with Crippen LogP contribution in [0.3, 0.4) is 0 Å². The van der Waals surface area contributed by atoms with Gasteiger partial charge in [-0.2, -0.15) is 11.8 Å². The van der Waals surface area contributed by atoms with Gasteiger partial charge >= 0.3 is 0 Å². The van der Waals surface area contributed by atoms with Gasteiger partial charge in [0.15, 0.2) is 0 Å². The fourth-order valence-electron chi connectivity index (χ4n) is 1.90. The lowest BCUT2D eigenvalue weighted by Gasteiger charge is -2.31. The Hall–Kier alpha value is -0.180. The number of carbonyl (C=O) groups excluding carboxylic acids is 1. The quantitative estimate of drug-likeness (QED) is 0.697. The first kappa shape index (κ1) is 10.9. The Kier molecular flexibility index (Phi) is 4.64. The van der Waals surface area contributed by atoms with Crippen LogP contribution in [0, 0.1) is 0 Å². The maximum Gasteiger partial charge on any atom is 0.232 e. The monoisotopic (exact) mass is 201 g/mol. The van der Waals surface area contributed by atoms with Crippen LogP contribution in [0.5, 0.6) is 0 Å². The van der Waals surface area contributed by atoms with E-state index in [1.54, 1.807) is 11.8 Å². The van der Waals surface area contributed by atoms with Gasteiger partial charge in [-0.25, -0.2) is 0 Å². The molecule has 1 saturated carbocycles. The average Bonchev–Trinajstić information content (AvgIpc) is 2.18. The van der Waals surface area contributed by atoms with Crippen LogP contribution < -0.4 is 0 Å². The van der Waals surface area contributed by atoms with E-state index in [-0.39, 0.29) is 0 Å². The Morgan fingerprint density at radius 2 is 2.00 bits per heavy atom. The molecule has 13 heavy (non-hydrogen) atoms. The van der Waals surface area contributed by atoms with Gasteiger partial charge in [0.05, 0.1) is 5.75 Å². The Bertz CT molecular complexity index is 166. The lowest BCUT2D eigenvalue weighted by molar-refractivity contribution is -0.129. The molecule has 0 aromatic carbocycles. The molecule has 0 aromatic heterocycles. The van der Waals surface area contributed by atoms with E-state index in [9.17, 15) is 4.79 Å². The zero-order valence-electron chi connectivity index (χ0n) is 8.58. The van der Waals surface area contributed by atoms with Gasteiger partial charge in [-0.1, -0.05) is 19.3 Å². The molecule has 0 spiro atoms. The fraction of sp³-hybridized carbons (Fsp3) is 0.900. The van der Waals surface area contributed by atoms with Gasteiger partial charge in [-0.3, -0.25) is 4.79 Å². The molecule has 3 heteroatoms. The van der Waals surface area contributed by atoms with Crippen molar-refractivity contribution >= 4 is 17.7 Å². The summed E-state index contributed by atoms with van der Waals surface area (Å²) in [4.78, 5) is 13.5. The van der Waals surface area contributed by atoms with Crippen LogP contribution in [-0.4, -0.2) is 35.9 Å². The van der Waals surface area contributed by atoms with Crippen LogP contribution in [0.2, 0.25) is 0 Å². The Morgan fingerprint density at radius 1 is 1.38 bits per heavy atom. The number of nitrogens with zero attached hydrogens (tertiary/aromatic N) is 1. The van der Waals surface area contributed by atoms with Crippen molar-refractivity contribution in [1.82, 2.24) is 4.90 Å². The van der Waals surface area contributed by atoms with Crippen LogP contribution in [0.25, 0.3) is 0 Å². The first-order valence-electron chi connectivity index (χ1n) is 5.00. The van der Waals surface area contributed by atoms with E-state index in [2.05, 4.69) is 0 Å². The molecule has 1 aliphatic rings. The molecular formula is C10H19NOS. The summed E-state index contributed by atoms with van der Waals surface area (Å²) in [5.74, 6) is 0.923. The van der Waals surface area contributed by atoms with Crippen molar-refractivity contribution in [3.8, 4) is 0 Å². The number of amides is 1. The maximum absolute atomic E-state index is 11.5. The third kappa shape index (κ3) is 3.22. The van der Waals surface area contributed by atoms with E-state index in [4.69, 9.17) is 0 Å². The Balaban J connectivity index is 2.35. The highest BCUT2D eigenvalue weighted by molar-refractivity contribution is 7.99. The third-order valence-corrected chi connectivity index (χ3v) is 3.32. The van der Waals surface area contributed by atoms with E-state index < -0.39 is 0 Å². The summed E-state index contributed by atoms with van der Waals surface area (Å²) >= 11 is 1.61. The molecular weight excluding hydrogens is 182 g/mol. The Labute approximate surface area is 85.1 Å². The van der Waals surface area contributed by atoms with Crippen molar-refractivity contribution in [2.45, 2.75) is 38.1 Å². The van der Waals surface area contributed by atoms with Gasteiger partial charge in [-0.15, -0.1) is 0 Å². The van der Waals surface area contributed by atoms with Crippen molar-refractivity contribution in [1.29, 1.82) is 0 Å². The lowest BCUT2D eigenvalue weighted by atomic mass is 9.94. The molecule has 0 unspecified atom stereocenters. The highest BCUT2D eigenvalue weighted by Gasteiger charge is 2.21. The first-order chi connectivity index (χ1) is 6.25. The summed E-state index contributed by atoms with van der Waals surface area (Å²) in [6.07, 6.45) is 8.32. The standard InChI is InChI=1S/C10H19NOS/c1-11(10(12)8-13-2)9-6-4-3-5-7-9/h9H,3-8H2,1-2H3. The molecule has 0 N–H and O–H groups in total. The fourth-order valence-corrected chi connectivity index (χ4v) is 2.35. The zero-order chi connectivity index (χ0) is 9.68. The molecule has 2 nitrogen and oxygen atoms in total. The normalized spacial score (nSPS) is 18.6. The summed E-state index contributed by atoms with van der Waals surface area (Å²) in [5, 5.41) is 0. The SMILES string of the molecule is CSCC(=O)N(C)C1CCCCC1. The minimum absolute atomic E-state index is 0.291. The average molecular weight is 201 g/mol. The summed E-state index contributed by atoms with van der Waals surface area (Å²) in [6.45, 7) is 0. The molecule has 0 radical (unpaired) electrons. The molecule has 1 rings (SSSR count). The van der Waals surface area contributed by atoms with E-state index in [1.807, 2.05) is 18.2 Å². The lowest BCUT2D eigenvalue weighted by Crippen LogP contribution is -2.39. The van der Waals surface area contributed by atoms with Crippen LogP contribution in [0.15, 0.2) is 0 Å². The van der Waals surface area contributed by atoms with Gasteiger partial charge in [0.1, 0.15) is 0 Å². The second-order valence-electron chi connectivity index (χ2n) is 3.73. The molecule has 0 heterocycles. The van der Waals surface area contributed by atoms with Gasteiger partial charge in [0, 0.05) is 13.1 Å². The van der Waals surface area contributed by atoms with Crippen molar-refractivity contribution < 1.29 is 4.79 Å². The molecule has 0 aromatic rings. The van der Waals surface area contributed by atoms with Gasteiger partial charge in [0.2, 0.25) is 5.91 Å². The summed E-state index contributed by atoms with van der Waals surface area (Å²) in [6, 6.07) is 0.522. The minimum atomic E-state index is 0.291. The molecule has 1 aliphatic carbocycles. The van der Waals surface area contributed by atoms with E-state index in [1.165, 1.54) is 32.1 Å². The maximum atomic E-state index is 11.5. The van der Waals surface area contributed by atoms with Crippen molar-refractivity contribution in [3.63, 3.8) is 0 Å². The molecule has 1 fully saturated rings. The summed E-state index contributed by atoms with van der Waals surface area (Å²) in [5.41, 5.74) is 0. The molecule has 0 atom stereocenters. The second kappa shape index (κ2) is 5.53. The van der Waals surface area contributed by atoms with Gasteiger partial charge in [-0.05, 0) is 19.1 Å². The minimum Gasteiger partial charge on any atom is -0.342 e. The topological polar surface area (TPSA) is 20.3 Å². The molecule has 1 amide bonds. The van der Waals surface area contributed by atoms with Crippen molar-refractivity contribution in [3.05, 3.63) is 0 Å². The number of thioether (sulfide) groups is 1. The number of rotatable bonds is 3. The predicted molar refractivity (Wildman–Crippen MR) is 58.0 cm³/mol. The van der Waals surface area contributed by atoms with Crippen molar-refractivity contribution in [2.75, 3.05) is 19.1 Å². The number of hydrogen-bond donors (Lipinski definition) is 0. The van der Waals surface area contributed by atoms with E-state index in [0.29, 0.717) is 17.7 Å². The predicted octanol–water partition coefficient (Wildman–Crippen LogP) is 2.14. The third-order valence-electron chi connectivity index (χ3n) is 2.78. The Morgan fingerprint density at radius 3 is 2.54 bits per heavy atom. The second-order valence-corrected chi connectivity index (χ2v) is 4.60. The largest absolute Gasteiger partial charge is 0.342 e. The summed E-state index contributed by atoms with van der Waals surface area (Å²) < 4.78 is 0. The smallest absolute Gasteiger partial charge is 0.232 e. The van der Waals surface area contributed by atoms with E-state index >= 15 is 0 Å². The number of hydrogen-bond acceptors (Lipinski definition) is 2. The van der Waals surface area contributed by atoms with Gasteiger partial charge < -0.3 is 4.90 Å². The molecule has 76 valence electrons. The highest BCUT2D eigenvalue weighted by atomic mass is 32.2. The van der Waals surface area contributed by atoms with Crippen LogP contribution >= 0.6 is 11.8 Å². The number of carbonyl (C=O) groups is 1. The molecule has 0 bridgehead atoms.